The molecule has 0 aromatic heterocycles. The lowest BCUT2D eigenvalue weighted by Gasteiger charge is -2.15. The molecule has 0 bridgehead atoms. The van der Waals surface area contributed by atoms with Crippen LogP contribution in [0.5, 0.6) is 5.75 Å². The second kappa shape index (κ2) is 7.51. The van der Waals surface area contributed by atoms with Gasteiger partial charge in [-0.25, -0.2) is 4.79 Å². The summed E-state index contributed by atoms with van der Waals surface area (Å²) < 4.78 is 4.63. The van der Waals surface area contributed by atoms with Crippen molar-refractivity contribution in [2.24, 2.45) is 0 Å². The third-order valence-electron chi connectivity index (χ3n) is 3.94. The van der Waals surface area contributed by atoms with Crippen LogP contribution in [-0.2, 0) is 20.9 Å². The Balaban J connectivity index is 1.76. The summed E-state index contributed by atoms with van der Waals surface area (Å²) in [7, 11) is 1.28. The van der Waals surface area contributed by atoms with Crippen molar-refractivity contribution in [2.75, 3.05) is 12.4 Å². The van der Waals surface area contributed by atoms with Crippen LogP contribution in [-0.4, -0.2) is 34.9 Å². The number of hydrogen-bond acceptors (Lipinski definition) is 6. The van der Waals surface area contributed by atoms with Crippen LogP contribution in [0.1, 0.15) is 15.9 Å². The standard InChI is InChI=1S/C19H15ClN2O5/c1-27-19(26)12-7-5-11(6-8-12)10-22-17(24)15(20)16(18(22)25)21-13-3-2-4-14(23)9-13/h2-9,21,23H,10H2,1H3. The van der Waals surface area contributed by atoms with Gasteiger partial charge in [-0.1, -0.05) is 29.8 Å². The van der Waals surface area contributed by atoms with E-state index in [0.717, 1.165) is 4.90 Å². The molecule has 0 saturated heterocycles. The van der Waals surface area contributed by atoms with Gasteiger partial charge < -0.3 is 15.2 Å². The topological polar surface area (TPSA) is 95.9 Å². The maximum atomic E-state index is 12.6. The number of rotatable bonds is 5. The van der Waals surface area contributed by atoms with Gasteiger partial charge in [0.2, 0.25) is 0 Å². The van der Waals surface area contributed by atoms with Crippen LogP contribution < -0.4 is 5.32 Å². The van der Waals surface area contributed by atoms with E-state index in [1.54, 1.807) is 36.4 Å². The highest BCUT2D eigenvalue weighted by molar-refractivity contribution is 6.48. The number of benzene rings is 2. The van der Waals surface area contributed by atoms with E-state index in [1.165, 1.54) is 19.2 Å². The van der Waals surface area contributed by atoms with Gasteiger partial charge in [0.1, 0.15) is 16.5 Å². The van der Waals surface area contributed by atoms with E-state index in [1.807, 2.05) is 0 Å². The third-order valence-corrected chi connectivity index (χ3v) is 4.29. The molecule has 0 fully saturated rings. The summed E-state index contributed by atoms with van der Waals surface area (Å²) in [4.78, 5) is 37.4. The number of carbonyl (C=O) groups excluding carboxylic acids is 3. The Morgan fingerprint density at radius 2 is 1.85 bits per heavy atom. The zero-order chi connectivity index (χ0) is 19.6. The van der Waals surface area contributed by atoms with Crippen molar-refractivity contribution in [3.63, 3.8) is 0 Å². The molecule has 2 N–H and O–H groups in total. The second-order valence-electron chi connectivity index (χ2n) is 5.75. The first kappa shape index (κ1) is 18.5. The molecule has 138 valence electrons. The van der Waals surface area contributed by atoms with Gasteiger partial charge in [-0.3, -0.25) is 14.5 Å². The highest BCUT2D eigenvalue weighted by Gasteiger charge is 2.37. The molecule has 1 aliphatic heterocycles. The number of methoxy groups -OCH3 is 1. The molecule has 3 rings (SSSR count). The molecular formula is C19H15ClN2O5. The van der Waals surface area contributed by atoms with Crippen LogP contribution >= 0.6 is 11.6 Å². The quantitative estimate of drug-likeness (QED) is 0.605. The molecule has 0 spiro atoms. The number of halogens is 1. The number of anilines is 1. The number of nitrogens with one attached hydrogen (secondary N) is 1. The highest BCUT2D eigenvalue weighted by atomic mass is 35.5. The number of nitrogens with zero attached hydrogens (tertiary/aromatic N) is 1. The van der Waals surface area contributed by atoms with Crippen LogP contribution in [0.2, 0.25) is 0 Å². The maximum absolute atomic E-state index is 12.6. The predicted molar refractivity (Wildman–Crippen MR) is 97.9 cm³/mol. The SMILES string of the molecule is COC(=O)c1ccc(CN2C(=O)C(Cl)=C(Nc3cccc(O)c3)C2=O)cc1. The molecule has 0 aliphatic carbocycles. The number of ether oxygens (including phenoxy) is 1. The highest BCUT2D eigenvalue weighted by Crippen LogP contribution is 2.28. The summed E-state index contributed by atoms with van der Waals surface area (Å²) in [5.74, 6) is -1.67. The van der Waals surface area contributed by atoms with Crippen molar-refractivity contribution < 1.29 is 24.2 Å². The smallest absolute Gasteiger partial charge is 0.337 e. The van der Waals surface area contributed by atoms with Gasteiger partial charge in [0.05, 0.1) is 19.2 Å². The van der Waals surface area contributed by atoms with Crippen molar-refractivity contribution in [2.45, 2.75) is 6.54 Å². The maximum Gasteiger partial charge on any atom is 0.337 e. The number of phenolic OH excluding ortho intramolecular Hbond substituents is 1. The number of amides is 2. The fraction of sp³-hybridized carbons (Fsp3) is 0.105. The molecule has 0 radical (unpaired) electrons. The van der Waals surface area contributed by atoms with E-state index in [9.17, 15) is 19.5 Å². The number of esters is 1. The van der Waals surface area contributed by atoms with E-state index in [2.05, 4.69) is 10.1 Å². The van der Waals surface area contributed by atoms with E-state index >= 15 is 0 Å². The Labute approximate surface area is 159 Å². The monoisotopic (exact) mass is 386 g/mol. The molecule has 0 unspecified atom stereocenters. The summed E-state index contributed by atoms with van der Waals surface area (Å²) in [6.45, 7) is 0.000555. The lowest BCUT2D eigenvalue weighted by atomic mass is 10.1. The van der Waals surface area contributed by atoms with Gasteiger partial charge in [-0.05, 0) is 29.8 Å². The zero-order valence-corrected chi connectivity index (χ0v) is 15.0. The van der Waals surface area contributed by atoms with E-state index in [-0.39, 0.29) is 23.0 Å². The van der Waals surface area contributed by atoms with Crippen molar-refractivity contribution in [3.05, 3.63) is 70.4 Å². The minimum absolute atomic E-state index is 0.000555. The van der Waals surface area contributed by atoms with E-state index in [4.69, 9.17) is 11.6 Å². The molecule has 27 heavy (non-hydrogen) atoms. The largest absolute Gasteiger partial charge is 0.508 e. The third kappa shape index (κ3) is 3.78. The number of hydrogen-bond donors (Lipinski definition) is 2. The Morgan fingerprint density at radius 3 is 2.48 bits per heavy atom. The van der Waals surface area contributed by atoms with Gasteiger partial charge >= 0.3 is 5.97 Å². The number of carbonyl (C=O) groups is 3. The summed E-state index contributed by atoms with van der Waals surface area (Å²) in [5, 5.41) is 12.1. The van der Waals surface area contributed by atoms with Crippen molar-refractivity contribution in [1.29, 1.82) is 0 Å². The van der Waals surface area contributed by atoms with Crippen molar-refractivity contribution in [3.8, 4) is 5.75 Å². The van der Waals surface area contributed by atoms with Crippen molar-refractivity contribution in [1.82, 2.24) is 4.90 Å². The molecule has 2 aromatic rings. The Morgan fingerprint density at radius 1 is 1.15 bits per heavy atom. The molecule has 1 heterocycles. The van der Waals surface area contributed by atoms with E-state index in [0.29, 0.717) is 16.8 Å². The molecule has 0 saturated carbocycles. The second-order valence-corrected chi connectivity index (χ2v) is 6.13. The molecule has 2 aromatic carbocycles. The van der Waals surface area contributed by atoms with Crippen LogP contribution in [0.15, 0.2) is 59.3 Å². The molecule has 1 aliphatic rings. The Hall–Kier alpha value is -3.32. The van der Waals surface area contributed by atoms with Gasteiger partial charge in [0, 0.05) is 11.8 Å². The van der Waals surface area contributed by atoms with E-state index < -0.39 is 17.8 Å². The van der Waals surface area contributed by atoms with Crippen LogP contribution in [0.4, 0.5) is 5.69 Å². The first-order valence-electron chi connectivity index (χ1n) is 7.90. The fourth-order valence-corrected chi connectivity index (χ4v) is 2.80. The summed E-state index contributed by atoms with van der Waals surface area (Å²) in [6, 6.07) is 12.5. The summed E-state index contributed by atoms with van der Waals surface area (Å²) in [6.07, 6.45) is 0. The summed E-state index contributed by atoms with van der Waals surface area (Å²) >= 11 is 6.04. The Kier molecular flexibility index (Phi) is 5.14. The average Bonchev–Trinajstić information content (AvgIpc) is 2.86. The molecule has 0 atom stereocenters. The summed E-state index contributed by atoms with van der Waals surface area (Å²) in [5.41, 5.74) is 1.38. The van der Waals surface area contributed by atoms with Crippen molar-refractivity contribution >= 4 is 35.1 Å². The van der Waals surface area contributed by atoms with Crippen LogP contribution in [0.25, 0.3) is 0 Å². The molecule has 8 heteroatoms. The van der Waals surface area contributed by atoms with Gasteiger partial charge in [0.15, 0.2) is 0 Å². The van der Waals surface area contributed by atoms with Crippen LogP contribution in [0.3, 0.4) is 0 Å². The molecule has 2 amide bonds. The first-order chi connectivity index (χ1) is 12.9. The lowest BCUT2D eigenvalue weighted by Crippen LogP contribution is -2.31. The van der Waals surface area contributed by atoms with Gasteiger partial charge in [0.25, 0.3) is 11.8 Å². The first-order valence-corrected chi connectivity index (χ1v) is 8.28. The number of aromatic hydroxyl groups is 1. The van der Waals surface area contributed by atoms with Gasteiger partial charge in [-0.2, -0.15) is 0 Å². The molecular weight excluding hydrogens is 372 g/mol. The van der Waals surface area contributed by atoms with Crippen LogP contribution in [0, 0.1) is 0 Å². The number of imide groups is 1. The zero-order valence-electron chi connectivity index (χ0n) is 14.2. The van der Waals surface area contributed by atoms with Gasteiger partial charge in [-0.15, -0.1) is 0 Å². The average molecular weight is 387 g/mol. The fourth-order valence-electron chi connectivity index (χ4n) is 2.57. The number of phenols is 1. The Bertz CT molecular complexity index is 953. The normalized spacial score (nSPS) is 13.9. The minimum Gasteiger partial charge on any atom is -0.508 e. The predicted octanol–water partition coefficient (Wildman–Crippen LogP) is 2.61. The lowest BCUT2D eigenvalue weighted by molar-refractivity contribution is -0.138. The minimum atomic E-state index is -0.624. The molecule has 7 nitrogen and oxygen atoms in total.